The van der Waals surface area contributed by atoms with E-state index in [0.29, 0.717) is 12.1 Å². The Morgan fingerprint density at radius 1 is 1.26 bits per heavy atom. The Labute approximate surface area is 131 Å². The summed E-state index contributed by atoms with van der Waals surface area (Å²) in [6, 6.07) is 1.70. The fourth-order valence-corrected chi connectivity index (χ4v) is 4.84. The third kappa shape index (κ3) is 5.56. The Morgan fingerprint density at radius 3 is 2.30 bits per heavy atom. The van der Waals surface area contributed by atoms with Gasteiger partial charge in [-0.25, -0.2) is 4.39 Å². The van der Waals surface area contributed by atoms with Crippen LogP contribution in [0.1, 0.15) is 19.4 Å². The lowest BCUT2D eigenvalue weighted by molar-refractivity contribution is -0.140. The highest BCUT2D eigenvalue weighted by Gasteiger charge is 2.40. The fourth-order valence-electron chi connectivity index (χ4n) is 1.69. The predicted octanol–water partition coefficient (Wildman–Crippen LogP) is 3.84. The third-order valence-electron chi connectivity index (χ3n) is 2.40. The zero-order valence-corrected chi connectivity index (χ0v) is 14.1. The average Bonchev–Trinajstić information content (AvgIpc) is 2.33. The number of benzene rings is 1. The molecule has 0 saturated carbocycles. The van der Waals surface area contributed by atoms with Gasteiger partial charge in [0, 0.05) is 6.66 Å². The molecule has 1 aromatic rings. The van der Waals surface area contributed by atoms with Gasteiger partial charge in [-0.1, -0.05) is 6.07 Å². The van der Waals surface area contributed by atoms with Gasteiger partial charge in [-0.15, -0.1) is 0 Å². The van der Waals surface area contributed by atoms with E-state index >= 15 is 0 Å². The lowest BCUT2D eigenvalue weighted by Crippen LogP contribution is -2.18. The zero-order valence-electron chi connectivity index (χ0n) is 12.4. The van der Waals surface area contributed by atoms with Crippen molar-refractivity contribution in [3.63, 3.8) is 0 Å². The maximum absolute atomic E-state index is 13.6. The largest absolute Gasteiger partial charge is 0.417 e. The molecule has 1 atom stereocenters. The molecule has 1 aromatic carbocycles. The molecule has 0 aliphatic carbocycles. The summed E-state index contributed by atoms with van der Waals surface area (Å²) >= 11 is 0. The second kappa shape index (κ2) is 6.88. The number of halogens is 4. The quantitative estimate of drug-likeness (QED) is 0.427. The molecule has 0 aliphatic heterocycles. The van der Waals surface area contributed by atoms with E-state index in [0.717, 1.165) is 12.7 Å². The first-order valence-electron chi connectivity index (χ1n) is 6.26. The highest BCUT2D eigenvalue weighted by Crippen LogP contribution is 2.45. The van der Waals surface area contributed by atoms with Crippen LogP contribution in [0.4, 0.5) is 17.6 Å². The van der Waals surface area contributed by atoms with Gasteiger partial charge in [0.1, 0.15) is 17.1 Å². The van der Waals surface area contributed by atoms with Crippen LogP contribution in [0.25, 0.3) is 0 Å². The standard InChI is InChI=1S/C12H15F4O5PS/c1-8(2)21-22(3,17)7-20-23(18,19)11-9(12(14,15)16)5-4-6-10(11)13/h4-6,8H,7H2,1-3H3. The summed E-state index contributed by atoms with van der Waals surface area (Å²) < 4.78 is 97.2. The van der Waals surface area contributed by atoms with Crippen LogP contribution in [0.15, 0.2) is 23.1 Å². The van der Waals surface area contributed by atoms with E-state index in [1.54, 1.807) is 0 Å². The van der Waals surface area contributed by atoms with Crippen LogP contribution >= 0.6 is 7.37 Å². The maximum Gasteiger partial charge on any atom is 0.417 e. The summed E-state index contributed by atoms with van der Waals surface area (Å²) in [4.78, 5) is -1.64. The number of rotatable bonds is 6. The van der Waals surface area contributed by atoms with Gasteiger partial charge >= 0.3 is 16.3 Å². The van der Waals surface area contributed by atoms with E-state index in [9.17, 15) is 30.5 Å². The highest BCUT2D eigenvalue weighted by molar-refractivity contribution is 7.87. The number of hydrogen-bond donors (Lipinski definition) is 0. The molecular weight excluding hydrogens is 363 g/mol. The van der Waals surface area contributed by atoms with Crippen molar-refractivity contribution in [2.45, 2.75) is 31.0 Å². The van der Waals surface area contributed by atoms with Crippen LogP contribution in [0.2, 0.25) is 0 Å². The summed E-state index contributed by atoms with van der Waals surface area (Å²) in [6.45, 7) is 4.13. The summed E-state index contributed by atoms with van der Waals surface area (Å²) in [5.74, 6) is -1.62. The molecule has 0 fully saturated rings. The van der Waals surface area contributed by atoms with Crippen LogP contribution in [0.3, 0.4) is 0 Å². The molecule has 132 valence electrons. The van der Waals surface area contributed by atoms with Crippen LogP contribution in [-0.2, 0) is 29.6 Å². The first-order chi connectivity index (χ1) is 10.3. The van der Waals surface area contributed by atoms with Gasteiger partial charge in [0.2, 0.25) is 7.37 Å². The minimum Gasteiger partial charge on any atom is -0.324 e. The smallest absolute Gasteiger partial charge is 0.324 e. The molecule has 0 aliphatic rings. The van der Waals surface area contributed by atoms with E-state index in [4.69, 9.17) is 4.52 Å². The molecule has 0 radical (unpaired) electrons. The van der Waals surface area contributed by atoms with Gasteiger partial charge in [0.25, 0.3) is 0 Å². The van der Waals surface area contributed by atoms with Crippen LogP contribution < -0.4 is 0 Å². The van der Waals surface area contributed by atoms with E-state index in [1.165, 1.54) is 13.8 Å². The minimum absolute atomic E-state index is 0.412. The maximum atomic E-state index is 13.6. The Kier molecular flexibility index (Phi) is 6.01. The normalized spacial score (nSPS) is 15.7. The summed E-state index contributed by atoms with van der Waals surface area (Å²) in [5.41, 5.74) is -1.70. The fraction of sp³-hybridized carbons (Fsp3) is 0.500. The molecule has 1 unspecified atom stereocenters. The zero-order chi connectivity index (χ0) is 18.1. The predicted molar refractivity (Wildman–Crippen MR) is 74.3 cm³/mol. The van der Waals surface area contributed by atoms with Crippen LogP contribution in [0.5, 0.6) is 0 Å². The van der Waals surface area contributed by atoms with Gasteiger partial charge in [0.05, 0.1) is 11.7 Å². The molecule has 0 amide bonds. The van der Waals surface area contributed by atoms with E-state index in [-0.39, 0.29) is 0 Å². The molecule has 5 nitrogen and oxygen atoms in total. The molecular formula is C12H15F4O5PS. The van der Waals surface area contributed by atoms with Gasteiger partial charge in [-0.05, 0) is 26.0 Å². The second-order valence-corrected chi connectivity index (χ2v) is 9.03. The van der Waals surface area contributed by atoms with Gasteiger partial charge in [-0.2, -0.15) is 21.6 Å². The Hall–Kier alpha value is -0.960. The van der Waals surface area contributed by atoms with Crippen molar-refractivity contribution in [1.29, 1.82) is 0 Å². The Bertz CT molecular complexity index is 715. The summed E-state index contributed by atoms with van der Waals surface area (Å²) in [5, 5.41) is 0. The van der Waals surface area contributed by atoms with E-state index in [2.05, 4.69) is 4.18 Å². The highest BCUT2D eigenvalue weighted by atomic mass is 32.2. The lowest BCUT2D eigenvalue weighted by atomic mass is 10.2. The van der Waals surface area contributed by atoms with Crippen molar-refractivity contribution in [2.75, 3.05) is 13.0 Å². The SMILES string of the molecule is CC(C)OP(C)(=O)COS(=O)(=O)c1c(F)cccc1C(F)(F)F. The van der Waals surface area contributed by atoms with Crippen molar-refractivity contribution in [2.24, 2.45) is 0 Å². The molecule has 0 heterocycles. The minimum atomic E-state index is -5.12. The van der Waals surface area contributed by atoms with Gasteiger partial charge < -0.3 is 4.52 Å². The summed E-state index contributed by atoms with van der Waals surface area (Å²) in [7, 11) is -8.66. The molecule has 0 aromatic heterocycles. The van der Waals surface area contributed by atoms with E-state index in [1.807, 2.05) is 0 Å². The Morgan fingerprint density at radius 2 is 1.83 bits per heavy atom. The van der Waals surface area contributed by atoms with E-state index < -0.39 is 52.4 Å². The monoisotopic (exact) mass is 378 g/mol. The lowest BCUT2D eigenvalue weighted by Gasteiger charge is -2.18. The number of alkyl halides is 3. The molecule has 23 heavy (non-hydrogen) atoms. The molecule has 0 spiro atoms. The number of hydrogen-bond acceptors (Lipinski definition) is 5. The molecule has 11 heteroatoms. The molecule has 0 N–H and O–H groups in total. The van der Waals surface area contributed by atoms with Crippen molar-refractivity contribution in [3.8, 4) is 0 Å². The van der Waals surface area contributed by atoms with Crippen LogP contribution in [0, 0.1) is 5.82 Å². The van der Waals surface area contributed by atoms with Gasteiger partial charge in [0.15, 0.2) is 0 Å². The molecule has 1 rings (SSSR count). The molecule has 0 saturated heterocycles. The van der Waals surface area contributed by atoms with Crippen molar-refractivity contribution in [3.05, 3.63) is 29.6 Å². The first kappa shape index (κ1) is 20.1. The van der Waals surface area contributed by atoms with Crippen molar-refractivity contribution < 1.29 is 39.3 Å². The van der Waals surface area contributed by atoms with Crippen LogP contribution in [-0.4, -0.2) is 27.5 Å². The average molecular weight is 378 g/mol. The summed E-state index contributed by atoms with van der Waals surface area (Å²) in [6.07, 6.45) is -6.62. The van der Waals surface area contributed by atoms with Gasteiger partial charge in [-0.3, -0.25) is 8.75 Å². The molecule has 0 bridgehead atoms. The third-order valence-corrected chi connectivity index (χ3v) is 5.38. The topological polar surface area (TPSA) is 69.7 Å². The first-order valence-corrected chi connectivity index (χ1v) is 9.93. The second-order valence-electron chi connectivity index (χ2n) is 4.98. The van der Waals surface area contributed by atoms with Crippen molar-refractivity contribution in [1.82, 2.24) is 0 Å². The van der Waals surface area contributed by atoms with Crippen molar-refractivity contribution >= 4 is 17.5 Å². The Balaban J connectivity index is 3.18.